The molecule has 0 unspecified atom stereocenters. The molecular formula is C11H11NO2. The van der Waals surface area contributed by atoms with Crippen LogP contribution in [0.25, 0.3) is 6.08 Å². The summed E-state index contributed by atoms with van der Waals surface area (Å²) in [4.78, 5) is 11.2. The molecule has 0 saturated carbocycles. The maximum absolute atomic E-state index is 11.2. The maximum Gasteiger partial charge on any atom is 0.203 e. The van der Waals surface area contributed by atoms with E-state index in [2.05, 4.69) is 5.16 Å². The van der Waals surface area contributed by atoms with Crippen molar-refractivity contribution >= 4 is 17.6 Å². The van der Waals surface area contributed by atoms with Gasteiger partial charge in [-0.25, -0.2) is 0 Å². The van der Waals surface area contributed by atoms with E-state index in [9.17, 15) is 4.79 Å². The smallest absolute Gasteiger partial charge is 0.203 e. The van der Waals surface area contributed by atoms with Crippen molar-refractivity contribution < 1.29 is 10.0 Å². The van der Waals surface area contributed by atoms with E-state index in [1.54, 1.807) is 6.08 Å². The first-order valence-electron chi connectivity index (χ1n) is 4.20. The van der Waals surface area contributed by atoms with Crippen molar-refractivity contribution in [3.63, 3.8) is 0 Å². The zero-order valence-corrected chi connectivity index (χ0v) is 7.84. The molecule has 0 aliphatic heterocycles. The molecule has 0 bridgehead atoms. The van der Waals surface area contributed by atoms with Crippen LogP contribution >= 0.6 is 0 Å². The Hall–Kier alpha value is -1.90. The highest BCUT2D eigenvalue weighted by Crippen LogP contribution is 2.00. The average Bonchev–Trinajstić information content (AvgIpc) is 2.26. The van der Waals surface area contributed by atoms with Gasteiger partial charge in [0.2, 0.25) is 5.78 Å². The highest BCUT2D eigenvalue weighted by molar-refractivity contribution is 6.43. The molecule has 0 radical (unpaired) electrons. The van der Waals surface area contributed by atoms with Gasteiger partial charge in [-0.05, 0) is 18.6 Å². The molecule has 0 spiro atoms. The summed E-state index contributed by atoms with van der Waals surface area (Å²) in [7, 11) is 0. The van der Waals surface area contributed by atoms with Crippen molar-refractivity contribution in [2.45, 2.75) is 6.92 Å². The predicted octanol–water partition coefficient (Wildman–Crippen LogP) is 2.12. The first kappa shape index (κ1) is 10.2. The number of benzene rings is 1. The van der Waals surface area contributed by atoms with E-state index in [1.165, 1.54) is 13.0 Å². The van der Waals surface area contributed by atoms with Gasteiger partial charge < -0.3 is 5.21 Å². The van der Waals surface area contributed by atoms with Crippen molar-refractivity contribution in [3.8, 4) is 0 Å². The van der Waals surface area contributed by atoms with Crippen LogP contribution < -0.4 is 0 Å². The van der Waals surface area contributed by atoms with Gasteiger partial charge in [-0.2, -0.15) is 0 Å². The standard InChI is InChI=1S/C11H11NO2/c1-9(12-14)11(13)8-7-10-5-3-2-4-6-10/h2-8,14H,1H3. The lowest BCUT2D eigenvalue weighted by molar-refractivity contribution is -0.109. The molecule has 0 atom stereocenters. The van der Waals surface area contributed by atoms with E-state index < -0.39 is 0 Å². The number of hydrogen-bond acceptors (Lipinski definition) is 3. The lowest BCUT2D eigenvalue weighted by atomic mass is 10.2. The Kier molecular flexibility index (Phi) is 3.61. The second kappa shape index (κ2) is 4.97. The van der Waals surface area contributed by atoms with E-state index in [0.29, 0.717) is 0 Å². The van der Waals surface area contributed by atoms with Gasteiger partial charge in [-0.1, -0.05) is 41.6 Å². The van der Waals surface area contributed by atoms with Crippen molar-refractivity contribution in [1.29, 1.82) is 0 Å². The molecule has 1 aromatic rings. The largest absolute Gasteiger partial charge is 0.411 e. The Bertz CT molecular complexity index is 366. The minimum absolute atomic E-state index is 0.0807. The summed E-state index contributed by atoms with van der Waals surface area (Å²) >= 11 is 0. The minimum atomic E-state index is -0.295. The fourth-order valence-electron chi connectivity index (χ4n) is 0.906. The molecule has 1 rings (SSSR count). The third kappa shape index (κ3) is 2.86. The number of rotatable bonds is 3. The fraction of sp³-hybridized carbons (Fsp3) is 0.0909. The normalized spacial score (nSPS) is 11.9. The molecule has 72 valence electrons. The van der Waals surface area contributed by atoms with Gasteiger partial charge in [0.15, 0.2) is 0 Å². The highest BCUT2D eigenvalue weighted by atomic mass is 16.4. The number of nitrogens with zero attached hydrogens (tertiary/aromatic N) is 1. The number of ketones is 1. The number of carbonyl (C=O) groups excluding carboxylic acids is 1. The van der Waals surface area contributed by atoms with E-state index in [-0.39, 0.29) is 11.5 Å². The molecular weight excluding hydrogens is 178 g/mol. The number of hydrogen-bond donors (Lipinski definition) is 1. The van der Waals surface area contributed by atoms with Gasteiger partial charge in [0, 0.05) is 0 Å². The predicted molar refractivity (Wildman–Crippen MR) is 55.4 cm³/mol. The Morgan fingerprint density at radius 2 is 2.00 bits per heavy atom. The van der Waals surface area contributed by atoms with Crippen LogP contribution in [0.15, 0.2) is 41.6 Å². The van der Waals surface area contributed by atoms with Crippen LogP contribution in [0.4, 0.5) is 0 Å². The van der Waals surface area contributed by atoms with Crippen molar-refractivity contribution in [3.05, 3.63) is 42.0 Å². The Morgan fingerprint density at radius 3 is 2.57 bits per heavy atom. The van der Waals surface area contributed by atoms with Gasteiger partial charge >= 0.3 is 0 Å². The quantitative estimate of drug-likeness (QED) is 0.342. The third-order valence-electron chi connectivity index (χ3n) is 1.73. The second-order valence-electron chi connectivity index (χ2n) is 2.79. The summed E-state index contributed by atoms with van der Waals surface area (Å²) in [6.45, 7) is 1.46. The van der Waals surface area contributed by atoms with Crippen LogP contribution in [0.2, 0.25) is 0 Å². The molecule has 0 heterocycles. The summed E-state index contributed by atoms with van der Waals surface area (Å²) in [5.41, 5.74) is 1.02. The molecule has 0 aromatic heterocycles. The van der Waals surface area contributed by atoms with Crippen LogP contribution in [0, 0.1) is 0 Å². The van der Waals surface area contributed by atoms with Gasteiger partial charge in [-0.3, -0.25) is 4.79 Å². The lowest BCUT2D eigenvalue weighted by Crippen LogP contribution is -2.05. The van der Waals surface area contributed by atoms with Crippen molar-refractivity contribution in [2.24, 2.45) is 5.16 Å². The molecule has 1 N–H and O–H groups in total. The molecule has 0 amide bonds. The molecule has 14 heavy (non-hydrogen) atoms. The molecule has 3 nitrogen and oxygen atoms in total. The number of carbonyl (C=O) groups is 1. The summed E-state index contributed by atoms with van der Waals surface area (Å²) in [5, 5.41) is 11.2. The summed E-state index contributed by atoms with van der Waals surface area (Å²) in [6.07, 6.45) is 3.06. The van der Waals surface area contributed by atoms with E-state index >= 15 is 0 Å². The SMILES string of the molecule is CC(=NO)C(=O)C=Cc1ccccc1. The van der Waals surface area contributed by atoms with Gasteiger partial charge in [0.05, 0.1) is 0 Å². The fourth-order valence-corrected chi connectivity index (χ4v) is 0.906. The highest BCUT2D eigenvalue weighted by Gasteiger charge is 2.00. The monoisotopic (exact) mass is 189 g/mol. The summed E-state index contributed by atoms with van der Waals surface area (Å²) in [5.74, 6) is -0.295. The van der Waals surface area contributed by atoms with Gasteiger partial charge in [-0.15, -0.1) is 0 Å². The van der Waals surface area contributed by atoms with Crippen LogP contribution in [-0.2, 0) is 4.79 Å². The summed E-state index contributed by atoms with van der Waals surface area (Å²) in [6, 6.07) is 9.44. The minimum Gasteiger partial charge on any atom is -0.411 e. The molecule has 1 aromatic carbocycles. The zero-order chi connectivity index (χ0) is 10.4. The molecule has 0 aliphatic carbocycles. The van der Waals surface area contributed by atoms with E-state index in [0.717, 1.165) is 5.56 Å². The molecule has 3 heteroatoms. The topological polar surface area (TPSA) is 49.7 Å². The summed E-state index contributed by atoms with van der Waals surface area (Å²) < 4.78 is 0. The van der Waals surface area contributed by atoms with Crippen LogP contribution in [0.1, 0.15) is 12.5 Å². The van der Waals surface area contributed by atoms with Gasteiger partial charge in [0.25, 0.3) is 0 Å². The lowest BCUT2D eigenvalue weighted by Gasteiger charge is -1.91. The third-order valence-corrected chi connectivity index (χ3v) is 1.73. The first-order chi connectivity index (χ1) is 6.74. The van der Waals surface area contributed by atoms with Gasteiger partial charge in [0.1, 0.15) is 5.71 Å². The maximum atomic E-state index is 11.2. The van der Waals surface area contributed by atoms with Crippen LogP contribution in [0.3, 0.4) is 0 Å². The van der Waals surface area contributed by atoms with Crippen LogP contribution in [-0.4, -0.2) is 16.7 Å². The first-order valence-corrected chi connectivity index (χ1v) is 4.20. The Balaban J connectivity index is 2.70. The van der Waals surface area contributed by atoms with Crippen molar-refractivity contribution in [2.75, 3.05) is 0 Å². The molecule has 0 fully saturated rings. The van der Waals surface area contributed by atoms with E-state index in [1.807, 2.05) is 30.3 Å². The zero-order valence-electron chi connectivity index (χ0n) is 7.84. The van der Waals surface area contributed by atoms with Crippen molar-refractivity contribution in [1.82, 2.24) is 0 Å². The Morgan fingerprint density at radius 1 is 1.36 bits per heavy atom. The molecule has 0 saturated heterocycles. The van der Waals surface area contributed by atoms with E-state index in [4.69, 9.17) is 5.21 Å². The number of allylic oxidation sites excluding steroid dienone is 1. The molecule has 0 aliphatic rings. The van der Waals surface area contributed by atoms with Crippen LogP contribution in [0.5, 0.6) is 0 Å². The second-order valence-corrected chi connectivity index (χ2v) is 2.79. The average molecular weight is 189 g/mol. The number of oxime groups is 1. The Labute approximate surface area is 82.4 Å².